The minimum absolute atomic E-state index is 0.793. The molecule has 0 saturated carbocycles. The third kappa shape index (κ3) is 5.92. The molecule has 2 N–H and O–H groups in total. The molecule has 0 unspecified atom stereocenters. The van der Waals surface area contributed by atoms with Crippen molar-refractivity contribution in [1.82, 2.24) is 10.6 Å². The van der Waals surface area contributed by atoms with Gasteiger partial charge in [0.25, 0.3) is 0 Å². The van der Waals surface area contributed by atoms with Crippen LogP contribution in [0.15, 0.2) is 0 Å². The van der Waals surface area contributed by atoms with E-state index in [-0.39, 0.29) is 0 Å². The Hall–Kier alpha value is -0.0800. The largest absolute Gasteiger partial charge is 0.315 e. The second kappa shape index (κ2) is 5.92. The first kappa shape index (κ1) is 6.92. The lowest BCUT2D eigenvalue weighted by molar-refractivity contribution is 0.705. The highest BCUT2D eigenvalue weighted by atomic mass is 14.9. The van der Waals surface area contributed by atoms with Crippen molar-refractivity contribution >= 4 is 0 Å². The summed E-state index contributed by atoms with van der Waals surface area (Å²) in [6, 6.07) is 0. The fourth-order valence-corrected chi connectivity index (χ4v) is 0.302. The van der Waals surface area contributed by atoms with Crippen LogP contribution in [0.25, 0.3) is 0 Å². The van der Waals surface area contributed by atoms with Crippen molar-refractivity contribution in [3.63, 3.8) is 0 Å². The lowest BCUT2D eigenvalue weighted by Gasteiger charge is -1.96. The smallest absolute Gasteiger partial charge is 0.00772 e. The van der Waals surface area contributed by atoms with Gasteiger partial charge in [0.15, 0.2) is 0 Å². The molecule has 0 aliphatic heterocycles. The Kier molecular flexibility index (Phi) is 5.85. The maximum atomic E-state index is 3.60. The standard InChI is InChI=1S/C5H12N2/c1-3-7-5-4-6-2/h6-7H,1-5H2. The average Bonchev–Trinajstić information content (AvgIpc) is 1.69. The van der Waals surface area contributed by atoms with Gasteiger partial charge in [-0.1, -0.05) is 0 Å². The predicted molar refractivity (Wildman–Crippen MR) is 31.6 cm³/mol. The fourth-order valence-electron chi connectivity index (χ4n) is 0.302. The summed E-state index contributed by atoms with van der Waals surface area (Å²) in [5.74, 6) is 0. The van der Waals surface area contributed by atoms with E-state index in [9.17, 15) is 0 Å². The Morgan fingerprint density at radius 3 is 2.43 bits per heavy atom. The van der Waals surface area contributed by atoms with Gasteiger partial charge < -0.3 is 10.6 Å². The molecule has 0 saturated heterocycles. The van der Waals surface area contributed by atoms with E-state index in [2.05, 4.69) is 24.6 Å². The summed E-state index contributed by atoms with van der Waals surface area (Å²) in [4.78, 5) is 0. The molecule has 0 rings (SSSR count). The molecule has 42 valence electrons. The van der Waals surface area contributed by atoms with Crippen molar-refractivity contribution < 1.29 is 0 Å². The van der Waals surface area contributed by atoms with Crippen molar-refractivity contribution in [2.75, 3.05) is 19.6 Å². The van der Waals surface area contributed by atoms with Crippen LogP contribution in [0.5, 0.6) is 0 Å². The van der Waals surface area contributed by atoms with Gasteiger partial charge in [-0.3, -0.25) is 0 Å². The summed E-state index contributed by atoms with van der Waals surface area (Å²) >= 11 is 0. The lowest BCUT2D eigenvalue weighted by atomic mass is 10.6. The van der Waals surface area contributed by atoms with E-state index in [0.717, 1.165) is 19.6 Å². The molecule has 0 amide bonds. The molecule has 0 aliphatic rings. The molecule has 0 heterocycles. The molecule has 0 atom stereocenters. The van der Waals surface area contributed by atoms with E-state index in [0.29, 0.717) is 0 Å². The molecular formula is C5H12N2. The van der Waals surface area contributed by atoms with Crippen molar-refractivity contribution in [3.05, 3.63) is 14.0 Å². The van der Waals surface area contributed by atoms with Crippen molar-refractivity contribution in [1.29, 1.82) is 0 Å². The summed E-state index contributed by atoms with van der Waals surface area (Å²) in [6.45, 7) is 6.26. The molecule has 7 heavy (non-hydrogen) atoms. The zero-order chi connectivity index (χ0) is 5.54. The molecule has 2 heteroatoms. The van der Waals surface area contributed by atoms with Gasteiger partial charge in [0, 0.05) is 20.1 Å². The average molecular weight is 100 g/mol. The Labute approximate surface area is 45.3 Å². The monoisotopic (exact) mass is 100 g/mol. The quantitative estimate of drug-likeness (QED) is 0.478. The molecule has 0 bridgehead atoms. The fraction of sp³-hybridized carbons (Fsp3) is 0.600. The SMILES string of the molecule is [CH2]CNCCN[CH2]. The summed E-state index contributed by atoms with van der Waals surface area (Å²) in [7, 11) is 3.45. The number of nitrogens with one attached hydrogen (secondary N) is 2. The Balaban J connectivity index is 2.45. The van der Waals surface area contributed by atoms with E-state index in [4.69, 9.17) is 0 Å². The van der Waals surface area contributed by atoms with E-state index < -0.39 is 0 Å². The first-order valence-electron chi connectivity index (χ1n) is 2.41. The summed E-state index contributed by atoms with van der Waals surface area (Å²) in [6.07, 6.45) is 0. The topological polar surface area (TPSA) is 24.1 Å². The molecule has 0 aliphatic carbocycles. The van der Waals surface area contributed by atoms with Gasteiger partial charge in [-0.15, -0.1) is 0 Å². The molecule has 2 nitrogen and oxygen atoms in total. The molecule has 0 fully saturated rings. The third-order valence-electron chi connectivity index (χ3n) is 0.655. The molecule has 0 aromatic heterocycles. The minimum atomic E-state index is 0.793. The van der Waals surface area contributed by atoms with Crippen LogP contribution >= 0.6 is 0 Å². The van der Waals surface area contributed by atoms with Crippen LogP contribution in [0, 0.1) is 14.0 Å². The van der Waals surface area contributed by atoms with Gasteiger partial charge in [-0.2, -0.15) is 0 Å². The zero-order valence-electron chi connectivity index (χ0n) is 4.54. The van der Waals surface area contributed by atoms with Gasteiger partial charge in [-0.05, 0) is 13.5 Å². The van der Waals surface area contributed by atoms with Gasteiger partial charge in [0.2, 0.25) is 0 Å². The van der Waals surface area contributed by atoms with Crippen LogP contribution in [-0.2, 0) is 0 Å². The number of hydrogen-bond acceptors (Lipinski definition) is 2. The van der Waals surface area contributed by atoms with Crippen LogP contribution in [-0.4, -0.2) is 19.6 Å². The summed E-state index contributed by atoms with van der Waals surface area (Å²) in [5, 5.41) is 5.80. The maximum Gasteiger partial charge on any atom is 0.00772 e. The van der Waals surface area contributed by atoms with Gasteiger partial charge >= 0.3 is 0 Å². The molecule has 0 aromatic carbocycles. The van der Waals surface area contributed by atoms with Crippen LogP contribution in [0.3, 0.4) is 0 Å². The van der Waals surface area contributed by atoms with Crippen LogP contribution in [0.4, 0.5) is 0 Å². The van der Waals surface area contributed by atoms with Crippen LogP contribution < -0.4 is 10.6 Å². The first-order chi connectivity index (χ1) is 3.41. The molecule has 2 radical (unpaired) electrons. The Bertz CT molecular complexity index is 25.3. The first-order valence-corrected chi connectivity index (χ1v) is 2.41. The normalized spacial score (nSPS) is 9.43. The molecular weight excluding hydrogens is 88.1 g/mol. The molecule has 0 spiro atoms. The number of rotatable bonds is 4. The Morgan fingerprint density at radius 2 is 2.00 bits per heavy atom. The minimum Gasteiger partial charge on any atom is -0.315 e. The second-order valence-electron chi connectivity index (χ2n) is 1.25. The third-order valence-corrected chi connectivity index (χ3v) is 0.655. The zero-order valence-corrected chi connectivity index (χ0v) is 4.54. The van der Waals surface area contributed by atoms with E-state index in [1.54, 1.807) is 0 Å². The van der Waals surface area contributed by atoms with E-state index >= 15 is 0 Å². The van der Waals surface area contributed by atoms with E-state index in [1.165, 1.54) is 0 Å². The highest BCUT2D eigenvalue weighted by molar-refractivity contribution is 4.49. The predicted octanol–water partition coefficient (Wildman–Crippen LogP) is -0.209. The Morgan fingerprint density at radius 1 is 1.29 bits per heavy atom. The molecule has 0 aromatic rings. The summed E-state index contributed by atoms with van der Waals surface area (Å²) < 4.78 is 0. The van der Waals surface area contributed by atoms with Crippen molar-refractivity contribution in [3.8, 4) is 0 Å². The van der Waals surface area contributed by atoms with Crippen LogP contribution in [0.1, 0.15) is 0 Å². The van der Waals surface area contributed by atoms with E-state index in [1.807, 2.05) is 0 Å². The lowest BCUT2D eigenvalue weighted by Crippen LogP contribution is -2.23. The highest BCUT2D eigenvalue weighted by Gasteiger charge is 1.75. The van der Waals surface area contributed by atoms with Gasteiger partial charge in [-0.25, -0.2) is 0 Å². The second-order valence-corrected chi connectivity index (χ2v) is 1.25. The number of hydrogen-bond donors (Lipinski definition) is 2. The maximum absolute atomic E-state index is 3.60. The summed E-state index contributed by atoms with van der Waals surface area (Å²) in [5.41, 5.74) is 0. The van der Waals surface area contributed by atoms with Crippen molar-refractivity contribution in [2.45, 2.75) is 0 Å². The van der Waals surface area contributed by atoms with Gasteiger partial charge in [0.1, 0.15) is 0 Å². The highest BCUT2D eigenvalue weighted by Crippen LogP contribution is 1.52. The van der Waals surface area contributed by atoms with Crippen LogP contribution in [0.2, 0.25) is 0 Å². The van der Waals surface area contributed by atoms with Gasteiger partial charge in [0.05, 0.1) is 0 Å². The van der Waals surface area contributed by atoms with Crippen molar-refractivity contribution in [2.24, 2.45) is 0 Å².